The second-order valence-corrected chi connectivity index (χ2v) is 7.60. The molecule has 122 valence electrons. The van der Waals surface area contributed by atoms with Crippen molar-refractivity contribution in [3.63, 3.8) is 0 Å². The molecule has 0 bridgehead atoms. The molecule has 1 saturated heterocycles. The Labute approximate surface area is 146 Å². The van der Waals surface area contributed by atoms with Crippen LogP contribution in [0.3, 0.4) is 0 Å². The van der Waals surface area contributed by atoms with Gasteiger partial charge in [-0.05, 0) is 61.5 Å². The largest absolute Gasteiger partial charge is 0.382 e. The second-order valence-electron chi connectivity index (χ2n) is 6.36. The maximum atomic E-state index is 9.11. The Bertz CT molecular complexity index is 818. The number of benzene rings is 1. The van der Waals surface area contributed by atoms with Crippen LogP contribution in [-0.4, -0.2) is 24.1 Å². The summed E-state index contributed by atoms with van der Waals surface area (Å²) >= 11 is 1.67. The van der Waals surface area contributed by atoms with Crippen molar-refractivity contribution >= 4 is 28.2 Å². The maximum absolute atomic E-state index is 9.11. The Balaban J connectivity index is 1.67. The predicted molar refractivity (Wildman–Crippen MR) is 99.9 cm³/mol. The minimum absolute atomic E-state index is 0.339. The van der Waals surface area contributed by atoms with E-state index in [0.29, 0.717) is 11.3 Å². The number of thioether (sulfide) groups is 1. The van der Waals surface area contributed by atoms with Crippen LogP contribution in [0, 0.1) is 11.3 Å². The molecule has 0 amide bonds. The van der Waals surface area contributed by atoms with Crippen LogP contribution in [0.1, 0.15) is 30.1 Å². The molecule has 1 unspecified atom stereocenters. The van der Waals surface area contributed by atoms with Gasteiger partial charge in [0.2, 0.25) is 0 Å². The van der Waals surface area contributed by atoms with Gasteiger partial charge in [-0.1, -0.05) is 6.08 Å². The molecule has 24 heavy (non-hydrogen) atoms. The van der Waals surface area contributed by atoms with Crippen molar-refractivity contribution in [1.29, 1.82) is 5.26 Å². The Morgan fingerprint density at radius 1 is 1.29 bits per heavy atom. The van der Waals surface area contributed by atoms with Gasteiger partial charge < -0.3 is 10.6 Å². The van der Waals surface area contributed by atoms with E-state index in [1.54, 1.807) is 11.8 Å². The monoisotopic (exact) mass is 336 g/mol. The van der Waals surface area contributed by atoms with Gasteiger partial charge in [-0.25, -0.2) is 0 Å². The molecular weight excluding hydrogens is 316 g/mol. The number of hydrogen-bond acceptors (Lipinski definition) is 5. The van der Waals surface area contributed by atoms with E-state index in [1.807, 2.05) is 18.5 Å². The van der Waals surface area contributed by atoms with E-state index in [9.17, 15) is 0 Å². The molecule has 4 nitrogen and oxygen atoms in total. The number of nitrogens with one attached hydrogen (secondary N) is 2. The molecule has 5 heteroatoms. The van der Waals surface area contributed by atoms with Crippen LogP contribution < -0.4 is 10.6 Å². The van der Waals surface area contributed by atoms with Gasteiger partial charge in [0.05, 0.1) is 4.91 Å². The summed E-state index contributed by atoms with van der Waals surface area (Å²) in [5.74, 6) is 0. The molecule has 2 aliphatic rings. The van der Waals surface area contributed by atoms with Crippen molar-refractivity contribution in [2.75, 3.05) is 18.4 Å². The zero-order valence-electron chi connectivity index (χ0n) is 13.5. The first-order chi connectivity index (χ1) is 11.8. The smallest absolute Gasteiger partial charge is 0.106 e. The van der Waals surface area contributed by atoms with E-state index in [0.717, 1.165) is 37.3 Å². The molecule has 0 saturated carbocycles. The highest BCUT2D eigenvalue weighted by Crippen LogP contribution is 2.45. The van der Waals surface area contributed by atoms with Crippen LogP contribution in [0.25, 0.3) is 10.8 Å². The van der Waals surface area contributed by atoms with Crippen LogP contribution in [0.5, 0.6) is 0 Å². The number of aromatic nitrogens is 1. The fourth-order valence-electron chi connectivity index (χ4n) is 3.45. The fourth-order valence-corrected chi connectivity index (χ4v) is 4.47. The van der Waals surface area contributed by atoms with Gasteiger partial charge in [-0.2, -0.15) is 5.26 Å². The SMILES string of the molecule is N#CC1=CCC(c2cc(NC3CCNCC3)c3cnccc3c2)S1. The number of rotatable bonds is 3. The number of hydrogen-bond donors (Lipinski definition) is 2. The predicted octanol–water partition coefficient (Wildman–Crippen LogP) is 3.98. The number of pyridine rings is 1. The number of allylic oxidation sites excluding steroid dienone is 2. The van der Waals surface area contributed by atoms with Crippen LogP contribution in [0.4, 0.5) is 5.69 Å². The minimum Gasteiger partial charge on any atom is -0.382 e. The standard InChI is InChI=1S/C19H20N4S/c20-11-16-1-2-19(24-16)14-9-13-3-6-22-12-17(13)18(10-14)23-15-4-7-21-8-5-15/h1,3,6,9-10,12,15,19,21,23H,2,4-5,7-8H2. The van der Waals surface area contributed by atoms with E-state index in [1.165, 1.54) is 22.0 Å². The van der Waals surface area contributed by atoms with Gasteiger partial charge in [-0.3, -0.25) is 4.98 Å². The summed E-state index contributed by atoms with van der Waals surface area (Å²) in [5, 5.41) is 19.0. The molecule has 2 aliphatic heterocycles. The van der Waals surface area contributed by atoms with Gasteiger partial charge >= 0.3 is 0 Å². The lowest BCUT2D eigenvalue weighted by atomic mass is 10.0. The highest BCUT2D eigenvalue weighted by molar-refractivity contribution is 8.03. The summed E-state index contributed by atoms with van der Waals surface area (Å²) in [4.78, 5) is 5.14. The first-order valence-corrected chi connectivity index (χ1v) is 9.33. The first-order valence-electron chi connectivity index (χ1n) is 8.45. The van der Waals surface area contributed by atoms with Gasteiger partial charge in [0.25, 0.3) is 0 Å². The summed E-state index contributed by atoms with van der Waals surface area (Å²) in [6, 6.07) is 9.36. The number of fused-ring (bicyclic) bond motifs is 1. The quantitative estimate of drug-likeness (QED) is 0.887. The van der Waals surface area contributed by atoms with Gasteiger partial charge in [-0.15, -0.1) is 11.8 Å². The fraction of sp³-hybridized carbons (Fsp3) is 0.368. The minimum atomic E-state index is 0.339. The molecule has 0 radical (unpaired) electrons. The average molecular weight is 336 g/mol. The van der Waals surface area contributed by atoms with Crippen molar-refractivity contribution in [3.05, 3.63) is 47.1 Å². The maximum Gasteiger partial charge on any atom is 0.106 e. The first kappa shape index (κ1) is 15.5. The van der Waals surface area contributed by atoms with Crippen molar-refractivity contribution < 1.29 is 0 Å². The molecule has 1 aromatic carbocycles. The third kappa shape index (κ3) is 3.12. The Morgan fingerprint density at radius 2 is 2.17 bits per heavy atom. The van der Waals surface area contributed by atoms with Crippen LogP contribution in [-0.2, 0) is 0 Å². The second kappa shape index (κ2) is 6.84. The molecule has 0 aliphatic carbocycles. The highest BCUT2D eigenvalue weighted by Gasteiger charge is 2.22. The van der Waals surface area contributed by atoms with Crippen molar-refractivity contribution in [1.82, 2.24) is 10.3 Å². The van der Waals surface area contributed by atoms with Crippen molar-refractivity contribution in [2.45, 2.75) is 30.6 Å². The van der Waals surface area contributed by atoms with E-state index in [2.05, 4.69) is 39.9 Å². The van der Waals surface area contributed by atoms with Gasteiger partial charge in [0, 0.05) is 34.8 Å². The zero-order chi connectivity index (χ0) is 16.4. The van der Waals surface area contributed by atoms with Gasteiger partial charge in [0.1, 0.15) is 6.07 Å². The topological polar surface area (TPSA) is 60.7 Å². The lowest BCUT2D eigenvalue weighted by molar-refractivity contribution is 0.479. The Hall–Kier alpha value is -2.03. The van der Waals surface area contributed by atoms with E-state index in [-0.39, 0.29) is 0 Å². The molecule has 4 rings (SSSR count). The highest BCUT2D eigenvalue weighted by atomic mass is 32.2. The van der Waals surface area contributed by atoms with Crippen LogP contribution >= 0.6 is 11.8 Å². The lowest BCUT2D eigenvalue weighted by Gasteiger charge is -2.26. The normalized spacial score (nSPS) is 21.5. The molecule has 1 aromatic heterocycles. The number of nitrogens with zero attached hydrogens (tertiary/aromatic N) is 2. The lowest BCUT2D eigenvalue weighted by Crippen LogP contribution is -2.35. The zero-order valence-corrected chi connectivity index (χ0v) is 14.3. The Morgan fingerprint density at radius 3 is 2.96 bits per heavy atom. The summed E-state index contributed by atoms with van der Waals surface area (Å²) < 4.78 is 0. The third-order valence-electron chi connectivity index (χ3n) is 4.75. The van der Waals surface area contributed by atoms with Crippen molar-refractivity contribution in [3.8, 4) is 6.07 Å². The average Bonchev–Trinajstić information content (AvgIpc) is 3.12. The summed E-state index contributed by atoms with van der Waals surface area (Å²) in [7, 11) is 0. The molecule has 1 fully saturated rings. The van der Waals surface area contributed by atoms with Gasteiger partial charge in [0.15, 0.2) is 0 Å². The summed E-state index contributed by atoms with van der Waals surface area (Å²) in [6.45, 7) is 2.14. The molecule has 3 heterocycles. The number of nitriles is 1. The van der Waals surface area contributed by atoms with E-state index >= 15 is 0 Å². The number of piperidine rings is 1. The van der Waals surface area contributed by atoms with E-state index in [4.69, 9.17) is 5.26 Å². The van der Waals surface area contributed by atoms with E-state index < -0.39 is 0 Å². The molecule has 2 N–H and O–H groups in total. The molecule has 1 atom stereocenters. The van der Waals surface area contributed by atoms with Crippen molar-refractivity contribution in [2.24, 2.45) is 0 Å². The molecular formula is C19H20N4S. The molecule has 2 aromatic rings. The van der Waals surface area contributed by atoms with Crippen LogP contribution in [0.2, 0.25) is 0 Å². The third-order valence-corrected chi connectivity index (χ3v) is 6.01. The van der Waals surface area contributed by atoms with Crippen LogP contribution in [0.15, 0.2) is 41.6 Å². The number of anilines is 1. The summed E-state index contributed by atoms with van der Waals surface area (Å²) in [6.07, 6.45) is 9.06. The summed E-state index contributed by atoms with van der Waals surface area (Å²) in [5.41, 5.74) is 2.46. The Kier molecular flexibility index (Phi) is 4.42. The molecule has 0 spiro atoms.